The predicted octanol–water partition coefficient (Wildman–Crippen LogP) is 4.25. The van der Waals surface area contributed by atoms with Gasteiger partial charge in [0.2, 0.25) is 11.7 Å². The van der Waals surface area contributed by atoms with Gasteiger partial charge in [0.05, 0.1) is 6.04 Å². The van der Waals surface area contributed by atoms with Crippen molar-refractivity contribution in [3.05, 3.63) is 64.1 Å². The number of benzene rings is 2. The maximum atomic E-state index is 14.5. The highest BCUT2D eigenvalue weighted by atomic mass is 35.5. The van der Waals surface area contributed by atoms with Crippen LogP contribution in [0, 0.1) is 5.92 Å². The Morgan fingerprint density at radius 2 is 1.48 bits per heavy atom. The minimum absolute atomic E-state index is 0.143. The molecule has 0 fully saturated rings. The Morgan fingerprint density at radius 3 is 2.00 bits per heavy atom. The summed E-state index contributed by atoms with van der Waals surface area (Å²) in [4.78, 5) is 50.1. The Bertz CT molecular complexity index is 1210. The lowest BCUT2D eigenvalue weighted by Crippen LogP contribution is -2.58. The van der Waals surface area contributed by atoms with Crippen molar-refractivity contribution in [2.45, 2.75) is 38.0 Å². The molecular formula is C25H24Cl2F5N3O5. The lowest BCUT2D eigenvalue weighted by molar-refractivity contribution is -0.165. The molecule has 0 aromatic heterocycles. The smallest absolute Gasteiger partial charge is 0.405 e. The van der Waals surface area contributed by atoms with Gasteiger partial charge in [-0.25, -0.2) is 0 Å². The van der Waals surface area contributed by atoms with Crippen LogP contribution >= 0.6 is 23.2 Å². The first kappa shape index (κ1) is 32.8. The second-order valence-electron chi connectivity index (χ2n) is 8.77. The van der Waals surface area contributed by atoms with Crippen molar-refractivity contribution in [2.75, 3.05) is 13.2 Å². The van der Waals surface area contributed by atoms with E-state index in [4.69, 9.17) is 27.9 Å². The first-order valence-electron chi connectivity index (χ1n) is 11.5. The number of amides is 3. The summed E-state index contributed by atoms with van der Waals surface area (Å²) in [6, 6.07) is 8.20. The normalized spacial score (nSPS) is 13.2. The van der Waals surface area contributed by atoms with E-state index in [0.717, 1.165) is 5.32 Å². The van der Waals surface area contributed by atoms with Crippen molar-refractivity contribution in [3.63, 3.8) is 0 Å². The molecule has 2 aromatic rings. The van der Waals surface area contributed by atoms with Gasteiger partial charge in [-0.3, -0.25) is 19.2 Å². The van der Waals surface area contributed by atoms with E-state index < -0.39 is 66.8 Å². The van der Waals surface area contributed by atoms with Crippen molar-refractivity contribution < 1.29 is 45.9 Å². The molecule has 0 radical (unpaired) electrons. The summed E-state index contributed by atoms with van der Waals surface area (Å²) in [7, 11) is 0. The average Bonchev–Trinajstić information content (AvgIpc) is 2.86. The summed E-state index contributed by atoms with van der Waals surface area (Å²) in [6.45, 7) is -0.157. The molecule has 8 nitrogen and oxygen atoms in total. The standard InChI is InChI=1S/C25H24Cl2F5N3O5/c1-13(2)19(21(37)25(31,32)23(39)33-12-24(28,29)30)35-22(38)20(14-6-4-3-5-7-14)34-18(36)11-40-17-9-15(26)8-16(27)10-17/h3-10,13,19-20H,11-12H2,1-2H3,(H,33,39)(H,34,36)(H,35,38)/t19?,20-/m0/s1. The molecule has 218 valence electrons. The van der Waals surface area contributed by atoms with E-state index in [0.29, 0.717) is 0 Å². The van der Waals surface area contributed by atoms with Crippen molar-refractivity contribution in [3.8, 4) is 5.75 Å². The molecule has 0 spiro atoms. The first-order chi connectivity index (χ1) is 18.5. The van der Waals surface area contributed by atoms with Gasteiger partial charge in [-0.15, -0.1) is 0 Å². The monoisotopic (exact) mass is 611 g/mol. The van der Waals surface area contributed by atoms with Crippen LogP contribution in [0.15, 0.2) is 48.5 Å². The van der Waals surface area contributed by atoms with Crippen LogP contribution in [0.1, 0.15) is 25.5 Å². The number of hydrogen-bond donors (Lipinski definition) is 3. The molecule has 0 saturated heterocycles. The van der Waals surface area contributed by atoms with Crippen molar-refractivity contribution in [2.24, 2.45) is 5.92 Å². The zero-order valence-corrected chi connectivity index (χ0v) is 22.5. The Morgan fingerprint density at radius 1 is 0.900 bits per heavy atom. The van der Waals surface area contributed by atoms with Crippen LogP contribution in [0.4, 0.5) is 22.0 Å². The zero-order valence-electron chi connectivity index (χ0n) is 21.0. The summed E-state index contributed by atoms with van der Waals surface area (Å²) in [5, 5.41) is 5.88. The first-order valence-corrected chi connectivity index (χ1v) is 12.3. The number of halogens is 7. The average molecular weight is 612 g/mol. The highest BCUT2D eigenvalue weighted by Crippen LogP contribution is 2.25. The molecule has 2 atom stereocenters. The predicted molar refractivity (Wildman–Crippen MR) is 135 cm³/mol. The molecule has 15 heteroatoms. The second kappa shape index (κ2) is 13.8. The Balaban J connectivity index is 2.21. The molecule has 0 aliphatic rings. The summed E-state index contributed by atoms with van der Waals surface area (Å²) in [5.74, 6) is -12.3. The van der Waals surface area contributed by atoms with Crippen LogP contribution < -0.4 is 20.7 Å². The molecule has 0 aliphatic heterocycles. The van der Waals surface area contributed by atoms with Gasteiger partial charge in [0.25, 0.3) is 11.8 Å². The number of carbonyl (C=O) groups is 4. The molecule has 40 heavy (non-hydrogen) atoms. The lowest BCUT2D eigenvalue weighted by Gasteiger charge is -2.27. The summed E-state index contributed by atoms with van der Waals surface area (Å²) in [5.41, 5.74) is 0.198. The maximum Gasteiger partial charge on any atom is 0.405 e. The van der Waals surface area contributed by atoms with E-state index in [1.54, 1.807) is 6.07 Å². The Hall–Kier alpha value is -3.45. The van der Waals surface area contributed by atoms with Crippen molar-refractivity contribution in [1.29, 1.82) is 0 Å². The number of nitrogens with one attached hydrogen (secondary N) is 3. The van der Waals surface area contributed by atoms with Gasteiger partial charge < -0.3 is 20.7 Å². The van der Waals surface area contributed by atoms with Gasteiger partial charge in [-0.2, -0.15) is 22.0 Å². The van der Waals surface area contributed by atoms with Gasteiger partial charge in [0.15, 0.2) is 6.61 Å². The van der Waals surface area contributed by atoms with Gasteiger partial charge in [-0.05, 0) is 29.7 Å². The van der Waals surface area contributed by atoms with Crippen LogP contribution in [-0.2, 0) is 19.2 Å². The summed E-state index contributed by atoms with van der Waals surface area (Å²) >= 11 is 11.8. The Kier molecular flexibility index (Phi) is 11.3. The van der Waals surface area contributed by atoms with Crippen LogP contribution in [0.5, 0.6) is 5.75 Å². The number of carbonyl (C=O) groups excluding carboxylic acids is 4. The zero-order chi connectivity index (χ0) is 30.3. The quantitative estimate of drug-likeness (QED) is 0.245. The van der Waals surface area contributed by atoms with Crippen molar-refractivity contribution >= 4 is 46.7 Å². The van der Waals surface area contributed by atoms with Gasteiger partial charge in [0.1, 0.15) is 18.3 Å². The maximum absolute atomic E-state index is 14.5. The fourth-order valence-electron chi connectivity index (χ4n) is 3.28. The molecule has 1 unspecified atom stereocenters. The number of ether oxygens (including phenoxy) is 1. The van der Waals surface area contributed by atoms with Crippen LogP contribution in [-0.4, -0.2) is 54.8 Å². The third-order valence-electron chi connectivity index (χ3n) is 5.20. The SMILES string of the molecule is CC(C)C(NC(=O)[C@@H](NC(=O)COc1cc(Cl)cc(Cl)c1)c1ccccc1)C(=O)C(F)(F)C(=O)NCC(F)(F)F. The fraction of sp³-hybridized carbons (Fsp3) is 0.360. The molecular weight excluding hydrogens is 588 g/mol. The van der Waals surface area contributed by atoms with Gasteiger partial charge in [0, 0.05) is 10.0 Å². The van der Waals surface area contributed by atoms with E-state index in [1.807, 2.05) is 0 Å². The third kappa shape index (κ3) is 9.63. The van der Waals surface area contributed by atoms with E-state index in [-0.39, 0.29) is 21.4 Å². The molecule has 3 amide bonds. The molecule has 0 saturated carbocycles. The highest BCUT2D eigenvalue weighted by molar-refractivity contribution is 6.34. The van der Waals surface area contributed by atoms with E-state index in [9.17, 15) is 41.1 Å². The molecule has 0 heterocycles. The highest BCUT2D eigenvalue weighted by Gasteiger charge is 2.52. The van der Waals surface area contributed by atoms with Gasteiger partial charge in [-0.1, -0.05) is 67.4 Å². The largest absolute Gasteiger partial charge is 0.484 e. The number of rotatable bonds is 12. The minimum Gasteiger partial charge on any atom is -0.484 e. The lowest BCUT2D eigenvalue weighted by atomic mass is 9.94. The number of ketones is 1. The summed E-state index contributed by atoms with van der Waals surface area (Å²) in [6.07, 6.45) is -5.00. The van der Waals surface area contributed by atoms with E-state index in [1.165, 1.54) is 56.3 Å². The Labute approximate surface area is 235 Å². The van der Waals surface area contributed by atoms with E-state index in [2.05, 4.69) is 10.6 Å². The molecule has 2 aromatic carbocycles. The van der Waals surface area contributed by atoms with Crippen molar-refractivity contribution in [1.82, 2.24) is 16.0 Å². The van der Waals surface area contributed by atoms with Crippen LogP contribution in [0.3, 0.4) is 0 Å². The molecule has 0 aliphatic carbocycles. The number of hydrogen-bond acceptors (Lipinski definition) is 5. The number of alkyl halides is 5. The molecule has 2 rings (SSSR count). The van der Waals surface area contributed by atoms with Crippen LogP contribution in [0.25, 0.3) is 0 Å². The molecule has 0 bridgehead atoms. The third-order valence-corrected chi connectivity index (χ3v) is 5.63. The second-order valence-corrected chi connectivity index (χ2v) is 9.64. The summed E-state index contributed by atoms with van der Waals surface area (Å²) < 4.78 is 71.4. The van der Waals surface area contributed by atoms with Crippen LogP contribution in [0.2, 0.25) is 10.0 Å². The topological polar surface area (TPSA) is 114 Å². The van der Waals surface area contributed by atoms with E-state index >= 15 is 0 Å². The number of Topliss-reactive ketones (excluding diaryl/α,β-unsaturated/α-hetero) is 1. The molecule has 3 N–H and O–H groups in total. The minimum atomic E-state index is -5.00. The fourth-order valence-corrected chi connectivity index (χ4v) is 3.79. The van der Waals surface area contributed by atoms with Gasteiger partial charge >= 0.3 is 12.1 Å².